The molecule has 0 bridgehead atoms. The van der Waals surface area contributed by atoms with Crippen molar-refractivity contribution in [3.63, 3.8) is 0 Å². The second kappa shape index (κ2) is 3.08. The molecule has 0 aliphatic heterocycles. The van der Waals surface area contributed by atoms with Gasteiger partial charge in [0.05, 0.1) is 5.56 Å². The quantitative estimate of drug-likeness (QED) is 0.515. The van der Waals surface area contributed by atoms with Gasteiger partial charge < -0.3 is 11.1 Å². The van der Waals surface area contributed by atoms with Crippen molar-refractivity contribution in [2.75, 3.05) is 5.73 Å². The van der Waals surface area contributed by atoms with Gasteiger partial charge in [-0.2, -0.15) is 13.2 Å². The molecule has 0 fully saturated rings. The van der Waals surface area contributed by atoms with E-state index in [1.54, 1.807) is 0 Å². The summed E-state index contributed by atoms with van der Waals surface area (Å²) in [5.41, 5.74) is 4.78. The van der Waals surface area contributed by atoms with Gasteiger partial charge >= 0.3 is 6.18 Å². The molecule has 0 amide bonds. The number of alkyl halides is 3. The SMILES string of the molecule is N=Cc1cc(C(F)(F)F)ccc1N. The number of hydrogen-bond donors (Lipinski definition) is 2. The van der Waals surface area contributed by atoms with Crippen LogP contribution in [0.25, 0.3) is 0 Å². The van der Waals surface area contributed by atoms with Crippen molar-refractivity contribution >= 4 is 11.9 Å². The molecule has 0 atom stereocenters. The Kier molecular flexibility index (Phi) is 2.27. The van der Waals surface area contributed by atoms with E-state index in [1.807, 2.05) is 0 Å². The average Bonchev–Trinajstić information content (AvgIpc) is 2.03. The van der Waals surface area contributed by atoms with Crippen molar-refractivity contribution in [3.05, 3.63) is 29.3 Å². The summed E-state index contributed by atoms with van der Waals surface area (Å²) < 4.78 is 36.4. The molecule has 1 aromatic carbocycles. The fraction of sp³-hybridized carbons (Fsp3) is 0.125. The van der Waals surface area contributed by atoms with Gasteiger partial charge in [0.1, 0.15) is 0 Å². The zero-order chi connectivity index (χ0) is 10.1. The van der Waals surface area contributed by atoms with Crippen LogP contribution in [0.15, 0.2) is 18.2 Å². The van der Waals surface area contributed by atoms with Crippen LogP contribution >= 0.6 is 0 Å². The number of hydrogen-bond acceptors (Lipinski definition) is 2. The second-order valence-electron chi connectivity index (χ2n) is 2.49. The van der Waals surface area contributed by atoms with Gasteiger partial charge in [0.15, 0.2) is 0 Å². The Labute approximate surface area is 72.7 Å². The molecular formula is C8H7F3N2. The van der Waals surface area contributed by atoms with Crippen molar-refractivity contribution in [3.8, 4) is 0 Å². The van der Waals surface area contributed by atoms with Crippen molar-refractivity contribution in [1.29, 1.82) is 5.41 Å². The number of rotatable bonds is 1. The van der Waals surface area contributed by atoms with Crippen LogP contribution in [0.1, 0.15) is 11.1 Å². The lowest BCUT2D eigenvalue weighted by atomic mass is 10.1. The van der Waals surface area contributed by atoms with E-state index < -0.39 is 11.7 Å². The first-order valence-corrected chi connectivity index (χ1v) is 3.42. The summed E-state index contributed by atoms with van der Waals surface area (Å²) in [4.78, 5) is 0. The Hall–Kier alpha value is -1.52. The Morgan fingerprint density at radius 1 is 1.31 bits per heavy atom. The van der Waals surface area contributed by atoms with Crippen LogP contribution in [0.3, 0.4) is 0 Å². The highest BCUT2D eigenvalue weighted by molar-refractivity contribution is 5.85. The van der Waals surface area contributed by atoms with Crippen molar-refractivity contribution in [2.45, 2.75) is 6.18 Å². The Bertz CT molecular complexity index is 331. The highest BCUT2D eigenvalue weighted by Gasteiger charge is 2.30. The molecule has 1 rings (SSSR count). The van der Waals surface area contributed by atoms with E-state index in [9.17, 15) is 13.2 Å². The van der Waals surface area contributed by atoms with E-state index >= 15 is 0 Å². The maximum Gasteiger partial charge on any atom is 0.416 e. The van der Waals surface area contributed by atoms with E-state index in [1.165, 1.54) is 0 Å². The fourth-order valence-electron chi connectivity index (χ4n) is 0.876. The van der Waals surface area contributed by atoms with Gasteiger partial charge in [-0.3, -0.25) is 0 Å². The third-order valence-corrected chi connectivity index (χ3v) is 1.57. The smallest absolute Gasteiger partial charge is 0.398 e. The number of anilines is 1. The highest BCUT2D eigenvalue weighted by atomic mass is 19.4. The van der Waals surface area contributed by atoms with Gasteiger partial charge in [-0.25, -0.2) is 0 Å². The lowest BCUT2D eigenvalue weighted by Crippen LogP contribution is -2.06. The number of nitrogens with two attached hydrogens (primary N) is 1. The van der Waals surface area contributed by atoms with E-state index in [0.29, 0.717) is 0 Å². The molecule has 0 aromatic heterocycles. The molecule has 0 saturated heterocycles. The minimum atomic E-state index is -4.38. The molecule has 0 unspecified atom stereocenters. The first-order chi connectivity index (χ1) is 5.95. The Balaban J connectivity index is 3.21. The Morgan fingerprint density at radius 3 is 2.38 bits per heavy atom. The van der Waals surface area contributed by atoms with Gasteiger partial charge in [-0.15, -0.1) is 0 Å². The number of nitrogen functional groups attached to an aromatic ring is 1. The molecular weight excluding hydrogens is 181 g/mol. The molecule has 13 heavy (non-hydrogen) atoms. The van der Waals surface area contributed by atoms with Crippen molar-refractivity contribution in [2.24, 2.45) is 0 Å². The summed E-state index contributed by atoms with van der Waals surface area (Å²) in [6.07, 6.45) is -3.59. The molecule has 0 radical (unpaired) electrons. The molecule has 0 spiro atoms. The monoisotopic (exact) mass is 188 g/mol. The van der Waals surface area contributed by atoms with Gasteiger partial charge in [-0.1, -0.05) is 0 Å². The lowest BCUT2D eigenvalue weighted by Gasteiger charge is -2.08. The molecule has 70 valence electrons. The molecule has 5 heteroatoms. The van der Waals surface area contributed by atoms with E-state index in [-0.39, 0.29) is 11.3 Å². The van der Waals surface area contributed by atoms with Crippen LogP contribution in [-0.2, 0) is 6.18 Å². The fourth-order valence-corrected chi connectivity index (χ4v) is 0.876. The maximum atomic E-state index is 12.1. The maximum absolute atomic E-state index is 12.1. The topological polar surface area (TPSA) is 49.9 Å². The summed E-state index contributed by atoms with van der Waals surface area (Å²) in [7, 11) is 0. The predicted molar refractivity (Wildman–Crippen MR) is 43.7 cm³/mol. The zero-order valence-electron chi connectivity index (χ0n) is 6.52. The summed E-state index contributed by atoms with van der Waals surface area (Å²) in [6.45, 7) is 0. The number of benzene rings is 1. The standard InChI is InChI=1S/C8H7F3N2/c9-8(10,11)6-1-2-7(13)5(3-6)4-12/h1-4,12H,13H2. The second-order valence-corrected chi connectivity index (χ2v) is 2.49. The van der Waals surface area contributed by atoms with E-state index in [4.69, 9.17) is 11.1 Å². The van der Waals surface area contributed by atoms with Gasteiger partial charge in [0.2, 0.25) is 0 Å². The van der Waals surface area contributed by atoms with Crippen LogP contribution in [0.5, 0.6) is 0 Å². The molecule has 3 N–H and O–H groups in total. The molecule has 0 heterocycles. The zero-order valence-corrected chi connectivity index (χ0v) is 6.52. The molecule has 0 aliphatic rings. The summed E-state index contributed by atoms with van der Waals surface area (Å²) in [5, 5.41) is 6.81. The van der Waals surface area contributed by atoms with Gasteiger partial charge in [0.25, 0.3) is 0 Å². The van der Waals surface area contributed by atoms with Crippen LogP contribution in [0.2, 0.25) is 0 Å². The first kappa shape index (κ1) is 9.57. The van der Waals surface area contributed by atoms with Crippen molar-refractivity contribution in [1.82, 2.24) is 0 Å². The average molecular weight is 188 g/mol. The summed E-state index contributed by atoms with van der Waals surface area (Å²) >= 11 is 0. The van der Waals surface area contributed by atoms with Crippen LogP contribution in [0.4, 0.5) is 18.9 Å². The van der Waals surface area contributed by atoms with Crippen LogP contribution in [-0.4, -0.2) is 6.21 Å². The minimum absolute atomic E-state index is 0.0785. The minimum Gasteiger partial charge on any atom is -0.398 e. The Morgan fingerprint density at radius 2 is 1.92 bits per heavy atom. The summed E-state index contributed by atoms with van der Waals surface area (Å²) in [5.74, 6) is 0. The molecule has 0 aliphatic carbocycles. The summed E-state index contributed by atoms with van der Waals surface area (Å²) in [6, 6.07) is 2.88. The first-order valence-electron chi connectivity index (χ1n) is 3.42. The normalized spacial score (nSPS) is 11.3. The van der Waals surface area contributed by atoms with E-state index in [0.717, 1.165) is 24.4 Å². The van der Waals surface area contributed by atoms with Gasteiger partial charge in [-0.05, 0) is 18.2 Å². The van der Waals surface area contributed by atoms with E-state index in [2.05, 4.69) is 0 Å². The van der Waals surface area contributed by atoms with Gasteiger partial charge in [0, 0.05) is 17.5 Å². The predicted octanol–water partition coefficient (Wildman–Crippen LogP) is 2.29. The molecule has 2 nitrogen and oxygen atoms in total. The largest absolute Gasteiger partial charge is 0.416 e. The van der Waals surface area contributed by atoms with Crippen LogP contribution < -0.4 is 5.73 Å². The molecule has 0 saturated carbocycles. The van der Waals surface area contributed by atoms with Crippen LogP contribution in [0, 0.1) is 5.41 Å². The highest BCUT2D eigenvalue weighted by Crippen LogP contribution is 2.30. The van der Waals surface area contributed by atoms with Crippen molar-refractivity contribution < 1.29 is 13.2 Å². The number of nitrogens with one attached hydrogen (secondary N) is 1. The third-order valence-electron chi connectivity index (χ3n) is 1.57. The molecule has 1 aromatic rings. The lowest BCUT2D eigenvalue weighted by molar-refractivity contribution is -0.137. The number of halogens is 3. The third kappa shape index (κ3) is 1.99.